The maximum Gasteiger partial charge on any atom is 0.257 e. The molecule has 0 bridgehead atoms. The normalized spacial score (nSPS) is 14.4. The lowest BCUT2D eigenvalue weighted by molar-refractivity contribution is 0.0789. The fraction of sp³-hybridized carbons (Fsp3) is 0.538. The first-order chi connectivity index (χ1) is 8.61. The molecule has 98 valence electrons. The van der Waals surface area contributed by atoms with Gasteiger partial charge in [0.15, 0.2) is 0 Å². The van der Waals surface area contributed by atoms with Crippen LogP contribution in [-0.4, -0.2) is 35.9 Å². The standard InChI is InChI=1S/C13H18FN3O/c1-3-15-12-11(6-10(14)7-16-12)13(18)17(2)8-9-4-5-9/h6-7,9H,3-5,8H2,1-2H3,(H,15,16). The van der Waals surface area contributed by atoms with Crippen LogP contribution in [0.2, 0.25) is 0 Å². The highest BCUT2D eigenvalue weighted by atomic mass is 19.1. The Kier molecular flexibility index (Phi) is 3.79. The quantitative estimate of drug-likeness (QED) is 0.872. The molecule has 1 aliphatic rings. The molecule has 0 aromatic carbocycles. The highest BCUT2D eigenvalue weighted by molar-refractivity contribution is 5.98. The van der Waals surface area contributed by atoms with Crippen molar-refractivity contribution in [2.45, 2.75) is 19.8 Å². The number of hydrogen-bond donors (Lipinski definition) is 1. The molecule has 2 rings (SSSR count). The second-order valence-electron chi connectivity index (χ2n) is 4.71. The number of hydrogen-bond acceptors (Lipinski definition) is 3. The predicted octanol–water partition coefficient (Wildman–Crippen LogP) is 2.13. The average Bonchev–Trinajstić information content (AvgIpc) is 3.14. The van der Waals surface area contributed by atoms with Crippen molar-refractivity contribution < 1.29 is 9.18 Å². The van der Waals surface area contributed by atoms with Gasteiger partial charge in [-0.2, -0.15) is 0 Å². The fourth-order valence-corrected chi connectivity index (χ4v) is 1.89. The van der Waals surface area contributed by atoms with E-state index in [4.69, 9.17) is 0 Å². The highest BCUT2D eigenvalue weighted by Gasteiger charge is 2.26. The molecule has 0 saturated heterocycles. The van der Waals surface area contributed by atoms with E-state index in [1.54, 1.807) is 11.9 Å². The number of aromatic nitrogens is 1. The number of anilines is 1. The Balaban J connectivity index is 2.18. The van der Waals surface area contributed by atoms with Crippen LogP contribution in [0.5, 0.6) is 0 Å². The summed E-state index contributed by atoms with van der Waals surface area (Å²) in [4.78, 5) is 17.8. The Hall–Kier alpha value is -1.65. The molecule has 1 fully saturated rings. The van der Waals surface area contributed by atoms with Gasteiger partial charge >= 0.3 is 0 Å². The summed E-state index contributed by atoms with van der Waals surface area (Å²) >= 11 is 0. The largest absolute Gasteiger partial charge is 0.370 e. The molecular weight excluding hydrogens is 233 g/mol. The first kappa shape index (κ1) is 12.8. The summed E-state index contributed by atoms with van der Waals surface area (Å²) in [6.07, 6.45) is 3.48. The lowest BCUT2D eigenvalue weighted by Crippen LogP contribution is -2.29. The summed E-state index contributed by atoms with van der Waals surface area (Å²) in [5, 5.41) is 2.98. The zero-order valence-corrected chi connectivity index (χ0v) is 10.7. The monoisotopic (exact) mass is 251 g/mol. The van der Waals surface area contributed by atoms with Crippen LogP contribution >= 0.6 is 0 Å². The lowest BCUT2D eigenvalue weighted by Gasteiger charge is -2.18. The second kappa shape index (κ2) is 5.33. The third kappa shape index (κ3) is 2.97. The van der Waals surface area contributed by atoms with E-state index < -0.39 is 5.82 Å². The molecular formula is C13H18FN3O. The van der Waals surface area contributed by atoms with Crippen molar-refractivity contribution in [3.63, 3.8) is 0 Å². The van der Waals surface area contributed by atoms with Gasteiger partial charge in [-0.15, -0.1) is 0 Å². The topological polar surface area (TPSA) is 45.2 Å². The van der Waals surface area contributed by atoms with Crippen LogP contribution in [0.25, 0.3) is 0 Å². The maximum absolute atomic E-state index is 13.2. The van der Waals surface area contributed by atoms with E-state index in [1.165, 1.54) is 18.9 Å². The molecule has 1 saturated carbocycles. The van der Waals surface area contributed by atoms with Gasteiger partial charge < -0.3 is 10.2 Å². The number of nitrogens with one attached hydrogen (secondary N) is 1. The summed E-state index contributed by atoms with van der Waals surface area (Å²) in [7, 11) is 1.75. The maximum atomic E-state index is 13.2. The van der Waals surface area contributed by atoms with Crippen LogP contribution in [-0.2, 0) is 0 Å². The average molecular weight is 251 g/mol. The Morgan fingerprint density at radius 2 is 2.33 bits per heavy atom. The van der Waals surface area contributed by atoms with Gasteiger partial charge in [0.05, 0.1) is 11.8 Å². The molecule has 0 spiro atoms. The van der Waals surface area contributed by atoms with Crippen molar-refractivity contribution in [2.24, 2.45) is 5.92 Å². The third-order valence-electron chi connectivity index (χ3n) is 3.00. The highest BCUT2D eigenvalue weighted by Crippen LogP contribution is 2.30. The third-order valence-corrected chi connectivity index (χ3v) is 3.00. The molecule has 0 unspecified atom stereocenters. The minimum atomic E-state index is -0.486. The van der Waals surface area contributed by atoms with Crippen LogP contribution < -0.4 is 5.32 Å². The molecule has 1 heterocycles. The molecule has 1 aromatic heterocycles. The van der Waals surface area contributed by atoms with Crippen molar-refractivity contribution in [1.82, 2.24) is 9.88 Å². The molecule has 1 N–H and O–H groups in total. The van der Waals surface area contributed by atoms with E-state index in [9.17, 15) is 9.18 Å². The molecule has 1 aromatic rings. The summed E-state index contributed by atoms with van der Waals surface area (Å²) in [5.41, 5.74) is 0.306. The Bertz CT molecular complexity index is 446. The van der Waals surface area contributed by atoms with Crippen molar-refractivity contribution in [1.29, 1.82) is 0 Å². The zero-order valence-electron chi connectivity index (χ0n) is 10.7. The second-order valence-corrected chi connectivity index (χ2v) is 4.71. The lowest BCUT2D eigenvalue weighted by atomic mass is 10.2. The SMILES string of the molecule is CCNc1ncc(F)cc1C(=O)N(C)CC1CC1. The molecule has 0 atom stereocenters. The summed E-state index contributed by atoms with van der Waals surface area (Å²) in [6.45, 7) is 3.29. The Morgan fingerprint density at radius 1 is 1.61 bits per heavy atom. The van der Waals surface area contributed by atoms with Gasteiger partial charge in [-0.1, -0.05) is 0 Å². The number of carbonyl (C=O) groups is 1. The number of amides is 1. The first-order valence-corrected chi connectivity index (χ1v) is 6.26. The van der Waals surface area contributed by atoms with Crippen LogP contribution in [0.4, 0.5) is 10.2 Å². The van der Waals surface area contributed by atoms with Crippen LogP contribution in [0.1, 0.15) is 30.1 Å². The van der Waals surface area contributed by atoms with E-state index in [0.717, 1.165) is 12.7 Å². The van der Waals surface area contributed by atoms with Gasteiger partial charge in [0.2, 0.25) is 0 Å². The molecule has 5 heteroatoms. The number of halogens is 1. The summed E-state index contributed by atoms with van der Waals surface area (Å²) < 4.78 is 13.2. The van der Waals surface area contributed by atoms with E-state index in [2.05, 4.69) is 10.3 Å². The smallest absolute Gasteiger partial charge is 0.257 e. The Morgan fingerprint density at radius 3 is 2.94 bits per heavy atom. The molecule has 4 nitrogen and oxygen atoms in total. The van der Waals surface area contributed by atoms with Crippen LogP contribution in [0.15, 0.2) is 12.3 Å². The summed E-state index contributed by atoms with van der Waals surface area (Å²) in [5.74, 6) is 0.402. The number of carbonyl (C=O) groups excluding carboxylic acids is 1. The van der Waals surface area contributed by atoms with Gasteiger partial charge in [0.25, 0.3) is 5.91 Å². The van der Waals surface area contributed by atoms with Crippen LogP contribution in [0.3, 0.4) is 0 Å². The Labute approximate surface area is 106 Å². The van der Waals surface area contributed by atoms with Crippen molar-refractivity contribution in [3.8, 4) is 0 Å². The summed E-state index contributed by atoms with van der Waals surface area (Å²) in [6, 6.07) is 1.25. The number of nitrogens with zero attached hydrogens (tertiary/aromatic N) is 2. The van der Waals surface area contributed by atoms with Gasteiger partial charge in [-0.25, -0.2) is 9.37 Å². The molecule has 0 radical (unpaired) electrons. The predicted molar refractivity (Wildman–Crippen MR) is 68.0 cm³/mol. The van der Waals surface area contributed by atoms with E-state index in [-0.39, 0.29) is 5.91 Å². The molecule has 0 aliphatic heterocycles. The van der Waals surface area contributed by atoms with Gasteiger partial charge in [0.1, 0.15) is 11.6 Å². The number of pyridine rings is 1. The van der Waals surface area contributed by atoms with Crippen molar-refractivity contribution in [3.05, 3.63) is 23.6 Å². The molecule has 18 heavy (non-hydrogen) atoms. The van der Waals surface area contributed by atoms with E-state index in [1.807, 2.05) is 6.92 Å². The minimum Gasteiger partial charge on any atom is -0.370 e. The van der Waals surface area contributed by atoms with Crippen molar-refractivity contribution in [2.75, 3.05) is 25.5 Å². The minimum absolute atomic E-state index is 0.176. The molecule has 1 aliphatic carbocycles. The van der Waals surface area contributed by atoms with Crippen molar-refractivity contribution >= 4 is 11.7 Å². The van der Waals surface area contributed by atoms with E-state index in [0.29, 0.717) is 23.8 Å². The first-order valence-electron chi connectivity index (χ1n) is 6.26. The van der Waals surface area contributed by atoms with Gasteiger partial charge in [-0.05, 0) is 31.7 Å². The van der Waals surface area contributed by atoms with Gasteiger partial charge in [0, 0.05) is 20.1 Å². The zero-order chi connectivity index (χ0) is 13.1. The number of rotatable bonds is 5. The van der Waals surface area contributed by atoms with E-state index >= 15 is 0 Å². The van der Waals surface area contributed by atoms with Gasteiger partial charge in [-0.3, -0.25) is 4.79 Å². The fourth-order valence-electron chi connectivity index (χ4n) is 1.89. The van der Waals surface area contributed by atoms with Crippen LogP contribution in [0, 0.1) is 11.7 Å². The molecule has 1 amide bonds.